The minimum atomic E-state index is 0.297. The van der Waals surface area contributed by atoms with Crippen LogP contribution in [0.5, 0.6) is 0 Å². The van der Waals surface area contributed by atoms with Gasteiger partial charge in [0.1, 0.15) is 17.1 Å². The van der Waals surface area contributed by atoms with Crippen molar-refractivity contribution in [2.45, 2.75) is 19.9 Å². The summed E-state index contributed by atoms with van der Waals surface area (Å²) in [5.74, 6) is 0. The summed E-state index contributed by atoms with van der Waals surface area (Å²) in [4.78, 5) is 8.47. The maximum absolute atomic E-state index is 6.27. The number of aromatic nitrogens is 3. The first-order chi connectivity index (χ1) is 9.58. The van der Waals surface area contributed by atoms with Gasteiger partial charge in [-0.2, -0.15) is 0 Å². The topological polar surface area (TPSA) is 56.7 Å². The zero-order chi connectivity index (χ0) is 14.3. The molecular weight excluding hydrogens is 272 g/mol. The van der Waals surface area contributed by atoms with Gasteiger partial charge in [0.15, 0.2) is 0 Å². The number of rotatable bonds is 2. The SMILES string of the molecule is CC(C)n1cc(-c2ccc(N)cc2)c2c(Cl)ncnc21. The van der Waals surface area contributed by atoms with Crippen LogP contribution in [0.15, 0.2) is 36.8 Å². The lowest BCUT2D eigenvalue weighted by Gasteiger charge is -2.07. The van der Waals surface area contributed by atoms with E-state index in [-0.39, 0.29) is 0 Å². The Morgan fingerprint density at radius 1 is 1.15 bits per heavy atom. The molecule has 1 aromatic carbocycles. The molecule has 20 heavy (non-hydrogen) atoms. The van der Waals surface area contributed by atoms with Crippen LogP contribution in [0.25, 0.3) is 22.2 Å². The van der Waals surface area contributed by atoms with E-state index < -0.39 is 0 Å². The summed E-state index contributed by atoms with van der Waals surface area (Å²) >= 11 is 6.27. The van der Waals surface area contributed by atoms with Gasteiger partial charge >= 0.3 is 0 Å². The molecule has 0 aliphatic carbocycles. The minimum absolute atomic E-state index is 0.297. The van der Waals surface area contributed by atoms with Crippen LogP contribution in [0.1, 0.15) is 19.9 Å². The number of fused-ring (bicyclic) bond motifs is 1. The fourth-order valence-corrected chi connectivity index (χ4v) is 2.55. The van der Waals surface area contributed by atoms with Gasteiger partial charge in [-0.1, -0.05) is 23.7 Å². The molecule has 2 N–H and O–H groups in total. The van der Waals surface area contributed by atoms with Crippen molar-refractivity contribution < 1.29 is 0 Å². The molecule has 0 atom stereocenters. The molecule has 2 aromatic heterocycles. The summed E-state index contributed by atoms with van der Waals surface area (Å²) < 4.78 is 2.11. The summed E-state index contributed by atoms with van der Waals surface area (Å²) in [5.41, 5.74) is 9.42. The highest BCUT2D eigenvalue weighted by Gasteiger charge is 2.16. The monoisotopic (exact) mass is 286 g/mol. The number of hydrogen-bond donors (Lipinski definition) is 1. The molecule has 0 amide bonds. The fraction of sp³-hybridized carbons (Fsp3) is 0.200. The van der Waals surface area contributed by atoms with Crippen molar-refractivity contribution in [3.8, 4) is 11.1 Å². The highest BCUT2D eigenvalue weighted by atomic mass is 35.5. The van der Waals surface area contributed by atoms with Gasteiger partial charge in [0.25, 0.3) is 0 Å². The Balaban J connectivity index is 2.33. The average molecular weight is 287 g/mol. The average Bonchev–Trinajstić information content (AvgIpc) is 2.81. The van der Waals surface area contributed by atoms with Gasteiger partial charge in [0, 0.05) is 23.5 Å². The first-order valence-electron chi connectivity index (χ1n) is 6.45. The van der Waals surface area contributed by atoms with Crippen molar-refractivity contribution in [1.29, 1.82) is 0 Å². The Morgan fingerprint density at radius 2 is 1.85 bits per heavy atom. The highest BCUT2D eigenvalue weighted by molar-refractivity contribution is 6.35. The van der Waals surface area contributed by atoms with E-state index >= 15 is 0 Å². The largest absolute Gasteiger partial charge is 0.399 e. The predicted molar refractivity (Wildman–Crippen MR) is 82.8 cm³/mol. The second kappa shape index (κ2) is 4.80. The molecule has 0 radical (unpaired) electrons. The third-order valence-corrected chi connectivity index (χ3v) is 3.63. The van der Waals surface area contributed by atoms with Gasteiger partial charge in [0.05, 0.1) is 5.39 Å². The third kappa shape index (κ3) is 2.02. The first kappa shape index (κ1) is 12.9. The van der Waals surface area contributed by atoms with Gasteiger partial charge in [-0.15, -0.1) is 0 Å². The molecule has 0 unspecified atom stereocenters. The summed E-state index contributed by atoms with van der Waals surface area (Å²) in [6.45, 7) is 4.23. The summed E-state index contributed by atoms with van der Waals surface area (Å²) in [7, 11) is 0. The molecule has 3 rings (SSSR count). The smallest absolute Gasteiger partial charge is 0.145 e. The van der Waals surface area contributed by atoms with Gasteiger partial charge in [-0.3, -0.25) is 0 Å². The number of anilines is 1. The molecule has 0 aliphatic rings. The van der Waals surface area contributed by atoms with E-state index in [0.29, 0.717) is 11.2 Å². The molecule has 0 saturated heterocycles. The Labute approximate surface area is 122 Å². The number of halogens is 1. The van der Waals surface area contributed by atoms with Crippen molar-refractivity contribution >= 4 is 28.3 Å². The van der Waals surface area contributed by atoms with E-state index in [4.69, 9.17) is 17.3 Å². The summed E-state index contributed by atoms with van der Waals surface area (Å²) in [6, 6.07) is 8.03. The molecule has 0 saturated carbocycles. The second-order valence-electron chi connectivity index (χ2n) is 5.03. The number of nitrogen functional groups attached to an aromatic ring is 1. The van der Waals surface area contributed by atoms with Crippen LogP contribution in [0.2, 0.25) is 5.15 Å². The molecule has 2 heterocycles. The van der Waals surface area contributed by atoms with Crippen molar-refractivity contribution in [2.24, 2.45) is 0 Å². The quantitative estimate of drug-likeness (QED) is 0.574. The molecule has 102 valence electrons. The van der Waals surface area contributed by atoms with Crippen LogP contribution in [0.4, 0.5) is 5.69 Å². The van der Waals surface area contributed by atoms with Gasteiger partial charge < -0.3 is 10.3 Å². The number of benzene rings is 1. The lowest BCUT2D eigenvalue weighted by atomic mass is 10.1. The van der Waals surface area contributed by atoms with Gasteiger partial charge in [0.2, 0.25) is 0 Å². The normalized spacial score (nSPS) is 11.4. The minimum Gasteiger partial charge on any atom is -0.399 e. The highest BCUT2D eigenvalue weighted by Crippen LogP contribution is 2.35. The molecule has 0 fully saturated rings. The lowest BCUT2D eigenvalue weighted by Crippen LogP contribution is -1.99. The van der Waals surface area contributed by atoms with Crippen molar-refractivity contribution in [1.82, 2.24) is 14.5 Å². The summed E-state index contributed by atoms with van der Waals surface area (Å²) in [5, 5.41) is 1.36. The van der Waals surface area contributed by atoms with E-state index in [1.165, 1.54) is 6.33 Å². The Hall–Kier alpha value is -2.07. The lowest BCUT2D eigenvalue weighted by molar-refractivity contribution is 0.618. The van der Waals surface area contributed by atoms with Crippen LogP contribution in [0.3, 0.4) is 0 Å². The van der Waals surface area contributed by atoms with E-state index in [1.54, 1.807) is 0 Å². The Morgan fingerprint density at radius 3 is 2.50 bits per heavy atom. The van der Waals surface area contributed by atoms with E-state index in [9.17, 15) is 0 Å². The standard InChI is InChI=1S/C15H15ClN4/c1-9(2)20-7-12(10-3-5-11(17)6-4-10)13-14(16)18-8-19-15(13)20/h3-9H,17H2,1-2H3. The van der Waals surface area contributed by atoms with Crippen molar-refractivity contribution in [3.63, 3.8) is 0 Å². The van der Waals surface area contributed by atoms with Crippen molar-refractivity contribution in [2.75, 3.05) is 5.73 Å². The molecule has 0 aliphatic heterocycles. The van der Waals surface area contributed by atoms with Gasteiger partial charge in [-0.25, -0.2) is 9.97 Å². The third-order valence-electron chi connectivity index (χ3n) is 3.34. The Kier molecular flexibility index (Phi) is 3.10. The van der Waals surface area contributed by atoms with Crippen LogP contribution < -0.4 is 5.73 Å². The molecule has 3 aromatic rings. The van der Waals surface area contributed by atoms with Gasteiger partial charge in [-0.05, 0) is 31.5 Å². The summed E-state index contributed by atoms with van der Waals surface area (Å²) in [6.07, 6.45) is 3.57. The predicted octanol–water partition coefficient (Wildman–Crippen LogP) is 3.91. The van der Waals surface area contributed by atoms with E-state index in [2.05, 4.69) is 34.6 Å². The number of hydrogen-bond acceptors (Lipinski definition) is 3. The second-order valence-corrected chi connectivity index (χ2v) is 5.39. The fourth-order valence-electron chi connectivity index (χ4n) is 2.32. The number of nitrogens with two attached hydrogens (primary N) is 1. The van der Waals surface area contributed by atoms with E-state index in [0.717, 1.165) is 27.8 Å². The molecule has 4 nitrogen and oxygen atoms in total. The molecule has 0 spiro atoms. The van der Waals surface area contributed by atoms with Crippen LogP contribution in [-0.2, 0) is 0 Å². The zero-order valence-electron chi connectivity index (χ0n) is 11.3. The molecular formula is C15H15ClN4. The van der Waals surface area contributed by atoms with Crippen LogP contribution in [-0.4, -0.2) is 14.5 Å². The van der Waals surface area contributed by atoms with Crippen LogP contribution in [0, 0.1) is 0 Å². The maximum atomic E-state index is 6.27. The first-order valence-corrected chi connectivity index (χ1v) is 6.82. The van der Waals surface area contributed by atoms with Crippen LogP contribution >= 0.6 is 11.6 Å². The van der Waals surface area contributed by atoms with Crippen molar-refractivity contribution in [3.05, 3.63) is 41.9 Å². The maximum Gasteiger partial charge on any atom is 0.145 e. The Bertz CT molecular complexity index is 759. The molecule has 0 bridgehead atoms. The van der Waals surface area contributed by atoms with E-state index in [1.807, 2.05) is 24.3 Å². The molecule has 5 heteroatoms. The zero-order valence-corrected chi connectivity index (χ0v) is 12.1. The number of nitrogens with zero attached hydrogens (tertiary/aromatic N) is 3.